The first-order valence-electron chi connectivity index (χ1n) is 12.3. The maximum absolute atomic E-state index is 13.3. The zero-order chi connectivity index (χ0) is 27.8. The fraction of sp³-hybridized carbons (Fsp3) is 0.370. The quantitative estimate of drug-likeness (QED) is 0.397. The number of aldehydes is 1. The summed E-state index contributed by atoms with van der Waals surface area (Å²) in [5.41, 5.74) is 2.18. The largest absolute Gasteiger partial charge is 0.494 e. The highest BCUT2D eigenvalue weighted by Crippen LogP contribution is 2.29. The SMILES string of the molecule is COCC(C)Oc1cc(NC(=O)N2CCCc3cc(CN4CC=COCC4=C=O)c(C=O)nc32)ncc1C#N. The summed E-state index contributed by atoms with van der Waals surface area (Å²) in [5.74, 6) is 2.76. The fourth-order valence-corrected chi connectivity index (χ4v) is 4.36. The van der Waals surface area contributed by atoms with E-state index in [2.05, 4.69) is 15.3 Å². The van der Waals surface area contributed by atoms with Crippen molar-refractivity contribution in [2.24, 2.45) is 0 Å². The second-order valence-electron chi connectivity index (χ2n) is 8.99. The molecule has 0 fully saturated rings. The summed E-state index contributed by atoms with van der Waals surface area (Å²) in [7, 11) is 1.55. The highest BCUT2D eigenvalue weighted by atomic mass is 16.5. The number of ether oxygens (including phenoxy) is 3. The van der Waals surface area contributed by atoms with Crippen LogP contribution >= 0.6 is 0 Å². The van der Waals surface area contributed by atoms with Crippen molar-refractivity contribution >= 4 is 29.9 Å². The second kappa shape index (κ2) is 12.7. The lowest BCUT2D eigenvalue weighted by Crippen LogP contribution is -2.40. The Morgan fingerprint density at radius 1 is 1.38 bits per heavy atom. The van der Waals surface area contributed by atoms with Gasteiger partial charge in [-0.3, -0.25) is 15.0 Å². The van der Waals surface area contributed by atoms with E-state index in [-0.39, 0.29) is 42.1 Å². The summed E-state index contributed by atoms with van der Waals surface area (Å²) in [6.07, 6.45) is 6.30. The lowest BCUT2D eigenvalue weighted by molar-refractivity contribution is 0.0919. The average Bonchev–Trinajstić information content (AvgIpc) is 3.17. The van der Waals surface area contributed by atoms with Crippen LogP contribution in [0.3, 0.4) is 0 Å². The Labute approximate surface area is 225 Å². The number of fused-ring (bicyclic) bond motifs is 1. The minimum absolute atomic E-state index is 0.0875. The molecule has 1 unspecified atom stereocenters. The van der Waals surface area contributed by atoms with Gasteiger partial charge in [0.15, 0.2) is 6.29 Å². The van der Waals surface area contributed by atoms with Gasteiger partial charge in [-0.2, -0.15) is 5.26 Å². The highest BCUT2D eigenvalue weighted by Gasteiger charge is 2.27. The third kappa shape index (κ3) is 6.41. The minimum Gasteiger partial charge on any atom is -0.494 e. The van der Waals surface area contributed by atoms with Gasteiger partial charge in [0.2, 0.25) is 0 Å². The summed E-state index contributed by atoms with van der Waals surface area (Å²) >= 11 is 0. The number of aromatic nitrogens is 2. The molecule has 0 spiro atoms. The number of hydrogen-bond donors (Lipinski definition) is 1. The van der Waals surface area contributed by atoms with Crippen LogP contribution in [0, 0.1) is 11.3 Å². The Balaban J connectivity index is 1.56. The van der Waals surface area contributed by atoms with Gasteiger partial charge in [0.1, 0.15) is 59.1 Å². The second-order valence-corrected chi connectivity index (χ2v) is 8.99. The molecule has 1 N–H and O–H groups in total. The first kappa shape index (κ1) is 27.3. The molecule has 1 atom stereocenters. The van der Waals surface area contributed by atoms with Crippen molar-refractivity contribution < 1.29 is 28.6 Å². The molecule has 2 aromatic heterocycles. The number of nitrogens with one attached hydrogen (secondary N) is 1. The number of rotatable bonds is 8. The summed E-state index contributed by atoms with van der Waals surface area (Å²) in [5, 5.41) is 12.1. The van der Waals surface area contributed by atoms with Gasteiger partial charge in [0.05, 0.1) is 19.1 Å². The van der Waals surface area contributed by atoms with Crippen LogP contribution in [-0.2, 0) is 27.2 Å². The zero-order valence-electron chi connectivity index (χ0n) is 21.7. The van der Waals surface area contributed by atoms with Crippen LogP contribution in [0.2, 0.25) is 0 Å². The summed E-state index contributed by atoms with van der Waals surface area (Å²) in [6, 6.07) is 4.88. The molecule has 0 saturated heterocycles. The van der Waals surface area contributed by atoms with E-state index >= 15 is 0 Å². The molecule has 0 aliphatic carbocycles. The molecule has 12 heteroatoms. The maximum Gasteiger partial charge on any atom is 0.328 e. The van der Waals surface area contributed by atoms with Crippen molar-refractivity contribution in [2.75, 3.05) is 43.6 Å². The summed E-state index contributed by atoms with van der Waals surface area (Å²) in [4.78, 5) is 48.6. The van der Waals surface area contributed by atoms with Crippen molar-refractivity contribution in [3.8, 4) is 11.8 Å². The number of aryl methyl sites for hydroxylation is 1. The Kier molecular flexibility index (Phi) is 8.89. The number of pyridine rings is 2. The molecular weight excluding hydrogens is 504 g/mol. The van der Waals surface area contributed by atoms with E-state index in [0.29, 0.717) is 55.9 Å². The van der Waals surface area contributed by atoms with E-state index in [0.717, 1.165) is 5.56 Å². The first-order valence-corrected chi connectivity index (χ1v) is 12.3. The van der Waals surface area contributed by atoms with E-state index in [1.807, 2.05) is 18.1 Å². The molecule has 39 heavy (non-hydrogen) atoms. The monoisotopic (exact) mass is 532 g/mol. The molecule has 2 amide bonds. The van der Waals surface area contributed by atoms with Crippen molar-refractivity contribution in [3.05, 3.63) is 58.7 Å². The molecule has 4 rings (SSSR count). The molecule has 202 valence electrons. The molecule has 0 radical (unpaired) electrons. The number of carbonyl (C=O) groups is 2. The molecule has 0 aromatic carbocycles. The minimum atomic E-state index is -0.484. The topological polar surface area (TPSA) is 147 Å². The number of methoxy groups -OCH3 is 1. The van der Waals surface area contributed by atoms with Gasteiger partial charge in [-0.1, -0.05) is 0 Å². The molecule has 12 nitrogen and oxygen atoms in total. The van der Waals surface area contributed by atoms with E-state index in [1.54, 1.807) is 25.0 Å². The normalized spacial score (nSPS) is 15.3. The Morgan fingerprint density at radius 2 is 2.23 bits per heavy atom. The number of urea groups is 1. The number of carbonyl (C=O) groups excluding carboxylic acids is 3. The van der Waals surface area contributed by atoms with Crippen LogP contribution in [-0.4, -0.2) is 72.6 Å². The number of hydrogen-bond acceptors (Lipinski definition) is 10. The van der Waals surface area contributed by atoms with Crippen LogP contribution in [0.4, 0.5) is 16.4 Å². The smallest absolute Gasteiger partial charge is 0.328 e. The lowest BCUT2D eigenvalue weighted by Gasteiger charge is -2.30. The highest BCUT2D eigenvalue weighted by molar-refractivity contribution is 6.01. The molecule has 0 bridgehead atoms. The van der Waals surface area contributed by atoms with Crippen molar-refractivity contribution in [3.63, 3.8) is 0 Å². The van der Waals surface area contributed by atoms with Gasteiger partial charge in [-0.15, -0.1) is 0 Å². The number of nitriles is 1. The van der Waals surface area contributed by atoms with Gasteiger partial charge < -0.3 is 19.1 Å². The predicted molar refractivity (Wildman–Crippen MR) is 140 cm³/mol. The van der Waals surface area contributed by atoms with Crippen LogP contribution in [0.5, 0.6) is 5.75 Å². The Bertz CT molecular complexity index is 1360. The maximum atomic E-state index is 13.3. The first-order chi connectivity index (χ1) is 19.0. The average molecular weight is 533 g/mol. The third-order valence-electron chi connectivity index (χ3n) is 6.18. The van der Waals surface area contributed by atoms with Crippen LogP contribution in [0.15, 0.2) is 36.4 Å². The summed E-state index contributed by atoms with van der Waals surface area (Å²) < 4.78 is 16.1. The van der Waals surface area contributed by atoms with Gasteiger partial charge in [0, 0.05) is 38.4 Å². The van der Waals surface area contributed by atoms with Crippen LogP contribution in [0.25, 0.3) is 0 Å². The number of nitrogens with zero attached hydrogens (tertiary/aromatic N) is 5. The van der Waals surface area contributed by atoms with Gasteiger partial charge >= 0.3 is 6.03 Å². The number of amides is 2. The standard InChI is InChI=1S/C27H28N6O6/c1-18(16-37-2)39-24-10-25(29-12-21(24)11-28)31-27(36)33-7-3-5-19-9-20(23(15-35)30-26(19)33)13-32-6-4-8-38-17-22(32)14-34/h4,8-10,12,15,18H,3,5-7,13,16-17H2,1-2H3,(H,29,31,36). The molecular formula is C27H28N6O6. The lowest BCUT2D eigenvalue weighted by atomic mass is 10.0. The predicted octanol–water partition coefficient (Wildman–Crippen LogP) is 2.62. The van der Waals surface area contributed by atoms with Crippen LogP contribution in [0.1, 0.15) is 40.5 Å². The summed E-state index contributed by atoms with van der Waals surface area (Å²) in [6.45, 7) is 3.28. The van der Waals surface area contributed by atoms with Crippen molar-refractivity contribution in [2.45, 2.75) is 32.4 Å². The molecule has 2 aliphatic heterocycles. The van der Waals surface area contributed by atoms with Gasteiger partial charge in [0.25, 0.3) is 0 Å². The number of anilines is 2. The van der Waals surface area contributed by atoms with Crippen LogP contribution < -0.4 is 15.0 Å². The fourth-order valence-electron chi connectivity index (χ4n) is 4.36. The molecule has 4 heterocycles. The molecule has 2 aromatic rings. The van der Waals surface area contributed by atoms with Gasteiger partial charge in [-0.25, -0.2) is 19.6 Å². The zero-order valence-corrected chi connectivity index (χ0v) is 21.7. The Morgan fingerprint density at radius 3 is 2.97 bits per heavy atom. The van der Waals surface area contributed by atoms with E-state index in [1.165, 1.54) is 23.4 Å². The van der Waals surface area contributed by atoms with E-state index in [4.69, 9.17) is 14.2 Å². The third-order valence-corrected chi connectivity index (χ3v) is 6.18. The van der Waals surface area contributed by atoms with E-state index < -0.39 is 6.03 Å². The Hall–Kier alpha value is -4.72. The molecule has 2 aliphatic rings. The van der Waals surface area contributed by atoms with Crippen molar-refractivity contribution in [1.29, 1.82) is 5.26 Å². The molecule has 0 saturated carbocycles. The van der Waals surface area contributed by atoms with Crippen molar-refractivity contribution in [1.82, 2.24) is 14.9 Å². The van der Waals surface area contributed by atoms with Gasteiger partial charge in [-0.05, 0) is 37.5 Å². The van der Waals surface area contributed by atoms with E-state index in [9.17, 15) is 19.6 Å².